The number of nitrogens with one attached hydrogen (secondary N) is 1. The minimum Gasteiger partial charge on any atom is -0.325 e. The first-order chi connectivity index (χ1) is 9.15. The summed E-state index contributed by atoms with van der Waals surface area (Å²) >= 11 is 7.41. The van der Waals surface area contributed by atoms with E-state index in [1.54, 1.807) is 12.1 Å². The fraction of sp³-hybridized carbons (Fsp3) is 0.133. The van der Waals surface area contributed by atoms with Gasteiger partial charge < -0.3 is 5.32 Å². The number of carbonyl (C=O) groups is 1. The first-order valence-corrected chi connectivity index (χ1v) is 7.19. The fourth-order valence-electron chi connectivity index (χ4n) is 1.57. The molecule has 1 N–H and O–H groups in total. The molecule has 1 atom stereocenters. The van der Waals surface area contributed by atoms with E-state index < -0.39 is 0 Å². The third-order valence-electron chi connectivity index (χ3n) is 2.52. The van der Waals surface area contributed by atoms with E-state index in [1.165, 1.54) is 11.8 Å². The zero-order valence-corrected chi connectivity index (χ0v) is 12.0. The van der Waals surface area contributed by atoms with E-state index in [0.29, 0.717) is 5.02 Å². The molecule has 2 rings (SSSR count). The largest absolute Gasteiger partial charge is 0.325 e. The molecule has 0 heterocycles. The van der Waals surface area contributed by atoms with Gasteiger partial charge in [-0.3, -0.25) is 4.79 Å². The third-order valence-corrected chi connectivity index (χ3v) is 3.86. The highest BCUT2D eigenvalue weighted by Crippen LogP contribution is 2.24. The Bertz CT molecular complexity index is 559. The summed E-state index contributed by atoms with van der Waals surface area (Å²) in [6.45, 7) is 1.89. The normalized spacial score (nSPS) is 11.9. The van der Waals surface area contributed by atoms with Crippen LogP contribution < -0.4 is 5.32 Å². The maximum Gasteiger partial charge on any atom is 0.237 e. The Morgan fingerprint density at radius 3 is 2.58 bits per heavy atom. The van der Waals surface area contributed by atoms with Crippen LogP contribution in [0.1, 0.15) is 6.92 Å². The molecule has 2 nitrogen and oxygen atoms in total. The molecule has 0 spiro atoms. The van der Waals surface area contributed by atoms with Crippen LogP contribution in [0.4, 0.5) is 5.69 Å². The summed E-state index contributed by atoms with van der Waals surface area (Å²) in [6.07, 6.45) is 0. The summed E-state index contributed by atoms with van der Waals surface area (Å²) in [5, 5.41) is 3.31. The highest BCUT2D eigenvalue weighted by Gasteiger charge is 2.14. The lowest BCUT2D eigenvalue weighted by molar-refractivity contribution is -0.115. The van der Waals surface area contributed by atoms with Gasteiger partial charge in [-0.2, -0.15) is 0 Å². The molecule has 2 aromatic carbocycles. The quantitative estimate of drug-likeness (QED) is 0.843. The van der Waals surface area contributed by atoms with Gasteiger partial charge in [0.15, 0.2) is 0 Å². The van der Waals surface area contributed by atoms with Gasteiger partial charge in [0, 0.05) is 15.6 Å². The van der Waals surface area contributed by atoms with Crippen molar-refractivity contribution in [3.63, 3.8) is 0 Å². The minimum absolute atomic E-state index is 0.0314. The molecule has 0 saturated carbocycles. The number of benzene rings is 2. The lowest BCUT2D eigenvalue weighted by Gasteiger charge is -2.12. The molecule has 98 valence electrons. The highest BCUT2D eigenvalue weighted by molar-refractivity contribution is 8.00. The van der Waals surface area contributed by atoms with Crippen LogP contribution in [-0.2, 0) is 4.79 Å². The van der Waals surface area contributed by atoms with Crippen molar-refractivity contribution >= 4 is 35.0 Å². The molecule has 19 heavy (non-hydrogen) atoms. The molecule has 2 aromatic rings. The summed E-state index contributed by atoms with van der Waals surface area (Å²) in [6, 6.07) is 17.0. The molecule has 0 saturated heterocycles. The topological polar surface area (TPSA) is 29.1 Å². The predicted octanol–water partition coefficient (Wildman–Crippen LogP) is 4.46. The second-order valence-electron chi connectivity index (χ2n) is 4.07. The van der Waals surface area contributed by atoms with E-state index in [0.717, 1.165) is 10.6 Å². The molecular weight excluding hydrogens is 278 g/mol. The van der Waals surface area contributed by atoms with Crippen LogP contribution in [0.25, 0.3) is 0 Å². The van der Waals surface area contributed by atoms with Crippen molar-refractivity contribution in [2.45, 2.75) is 17.1 Å². The average molecular weight is 292 g/mol. The van der Waals surface area contributed by atoms with E-state index in [2.05, 4.69) is 5.32 Å². The molecule has 0 aliphatic rings. The van der Waals surface area contributed by atoms with E-state index >= 15 is 0 Å². The Hall–Kier alpha value is -1.45. The van der Waals surface area contributed by atoms with Gasteiger partial charge in [0.05, 0.1) is 5.25 Å². The van der Waals surface area contributed by atoms with Crippen LogP contribution in [-0.4, -0.2) is 11.2 Å². The van der Waals surface area contributed by atoms with E-state index in [1.807, 2.05) is 49.4 Å². The third kappa shape index (κ3) is 4.30. The van der Waals surface area contributed by atoms with Crippen LogP contribution in [0.15, 0.2) is 59.5 Å². The molecule has 0 fully saturated rings. The van der Waals surface area contributed by atoms with Crippen LogP contribution in [0.3, 0.4) is 0 Å². The molecule has 0 bridgehead atoms. The zero-order valence-electron chi connectivity index (χ0n) is 10.5. The van der Waals surface area contributed by atoms with Crippen LogP contribution in [0.2, 0.25) is 5.02 Å². The van der Waals surface area contributed by atoms with Gasteiger partial charge in [-0.1, -0.05) is 35.9 Å². The standard InChI is InChI=1S/C15H14ClNOS/c1-11(19-14-8-3-2-4-9-14)15(18)17-13-7-5-6-12(16)10-13/h2-11H,1H3,(H,17,18). The number of carbonyl (C=O) groups excluding carboxylic acids is 1. The van der Waals surface area contributed by atoms with Crippen LogP contribution in [0.5, 0.6) is 0 Å². The van der Waals surface area contributed by atoms with Gasteiger partial charge in [-0.25, -0.2) is 0 Å². The summed E-state index contributed by atoms with van der Waals surface area (Å²) in [4.78, 5) is 13.1. The summed E-state index contributed by atoms with van der Waals surface area (Å²) in [5.74, 6) is -0.0314. The molecule has 0 aliphatic carbocycles. The molecule has 0 aromatic heterocycles. The van der Waals surface area contributed by atoms with Gasteiger partial charge in [0.1, 0.15) is 0 Å². The predicted molar refractivity (Wildman–Crippen MR) is 81.8 cm³/mol. The van der Waals surface area contributed by atoms with Crippen molar-refractivity contribution in [1.29, 1.82) is 0 Å². The zero-order chi connectivity index (χ0) is 13.7. The van der Waals surface area contributed by atoms with Crippen molar-refractivity contribution in [3.05, 3.63) is 59.6 Å². The highest BCUT2D eigenvalue weighted by atomic mass is 35.5. The molecule has 0 radical (unpaired) electrons. The Labute approximate surface area is 122 Å². The summed E-state index contributed by atoms with van der Waals surface area (Å²) < 4.78 is 0. The van der Waals surface area contributed by atoms with Crippen molar-refractivity contribution in [1.82, 2.24) is 0 Å². The van der Waals surface area contributed by atoms with Gasteiger partial charge in [-0.05, 0) is 37.3 Å². The number of rotatable bonds is 4. The second kappa shape index (κ2) is 6.64. The number of hydrogen-bond donors (Lipinski definition) is 1. The number of thioether (sulfide) groups is 1. The lowest BCUT2D eigenvalue weighted by atomic mass is 10.3. The number of hydrogen-bond acceptors (Lipinski definition) is 2. The van der Waals surface area contributed by atoms with Crippen molar-refractivity contribution < 1.29 is 4.79 Å². The smallest absolute Gasteiger partial charge is 0.237 e. The Morgan fingerprint density at radius 2 is 1.89 bits per heavy atom. The van der Waals surface area contributed by atoms with E-state index in [4.69, 9.17) is 11.6 Å². The maximum atomic E-state index is 12.1. The minimum atomic E-state index is -0.165. The molecule has 4 heteroatoms. The van der Waals surface area contributed by atoms with Crippen molar-refractivity contribution in [2.75, 3.05) is 5.32 Å². The Kier molecular flexibility index (Phi) is 4.88. The first kappa shape index (κ1) is 14.0. The molecule has 0 aliphatic heterocycles. The fourth-order valence-corrected chi connectivity index (χ4v) is 2.65. The van der Waals surface area contributed by atoms with Gasteiger partial charge >= 0.3 is 0 Å². The van der Waals surface area contributed by atoms with E-state index in [-0.39, 0.29) is 11.2 Å². The van der Waals surface area contributed by atoms with Crippen molar-refractivity contribution in [3.8, 4) is 0 Å². The van der Waals surface area contributed by atoms with Crippen LogP contribution >= 0.6 is 23.4 Å². The second-order valence-corrected chi connectivity index (χ2v) is 5.92. The van der Waals surface area contributed by atoms with Gasteiger partial charge in [0.25, 0.3) is 0 Å². The van der Waals surface area contributed by atoms with Crippen LogP contribution in [0, 0.1) is 0 Å². The van der Waals surface area contributed by atoms with Gasteiger partial charge in [0.2, 0.25) is 5.91 Å². The number of amides is 1. The maximum absolute atomic E-state index is 12.1. The van der Waals surface area contributed by atoms with Gasteiger partial charge in [-0.15, -0.1) is 11.8 Å². The Balaban J connectivity index is 1.96. The first-order valence-electron chi connectivity index (χ1n) is 5.93. The molecule has 1 unspecified atom stereocenters. The van der Waals surface area contributed by atoms with E-state index in [9.17, 15) is 4.79 Å². The molecular formula is C15H14ClNOS. The number of halogens is 1. The SMILES string of the molecule is CC(Sc1ccccc1)C(=O)Nc1cccc(Cl)c1. The average Bonchev–Trinajstić information content (AvgIpc) is 2.40. The lowest BCUT2D eigenvalue weighted by Crippen LogP contribution is -2.22. The Morgan fingerprint density at radius 1 is 1.16 bits per heavy atom. The monoisotopic (exact) mass is 291 g/mol. The van der Waals surface area contributed by atoms with Crippen molar-refractivity contribution in [2.24, 2.45) is 0 Å². The molecule has 1 amide bonds. The summed E-state index contributed by atoms with van der Waals surface area (Å²) in [7, 11) is 0. The summed E-state index contributed by atoms with van der Waals surface area (Å²) in [5.41, 5.74) is 0.720. The number of anilines is 1.